The topological polar surface area (TPSA) is 9.86 Å². The molecule has 0 aliphatic heterocycles. The minimum Gasteiger partial charge on any atom is -0.309 e. The lowest BCUT2D eigenvalue weighted by atomic mass is 9.68. The van der Waals surface area contributed by atoms with Gasteiger partial charge in [-0.2, -0.15) is 0 Å². The first-order valence-corrected chi connectivity index (χ1v) is 21.3. The molecule has 1 fully saturated rings. The maximum Gasteiger partial charge on any atom is 0.0547 e. The van der Waals surface area contributed by atoms with Gasteiger partial charge in [-0.15, -0.1) is 11.3 Å². The van der Waals surface area contributed by atoms with E-state index < -0.39 is 0 Å². The second kappa shape index (κ2) is 11.8. The summed E-state index contributed by atoms with van der Waals surface area (Å²) in [6, 6.07) is 64.2. The van der Waals surface area contributed by atoms with Gasteiger partial charge in [-0.3, -0.25) is 0 Å². The summed E-state index contributed by atoms with van der Waals surface area (Å²) in [5.74, 6) is 0. The van der Waals surface area contributed by atoms with Gasteiger partial charge in [0.25, 0.3) is 0 Å². The highest BCUT2D eigenvalue weighted by atomic mass is 32.1. The number of aromatic nitrogens is 2. The summed E-state index contributed by atoms with van der Waals surface area (Å²) >= 11 is 1.88. The van der Waals surface area contributed by atoms with Crippen LogP contribution in [0.2, 0.25) is 0 Å². The molecule has 1 saturated carbocycles. The normalized spacial score (nSPS) is 14.8. The Labute approximate surface area is 334 Å². The third-order valence-corrected chi connectivity index (χ3v) is 14.6. The van der Waals surface area contributed by atoms with Gasteiger partial charge < -0.3 is 9.13 Å². The highest BCUT2D eigenvalue weighted by Crippen LogP contribution is 2.57. The Morgan fingerprint density at radius 3 is 1.82 bits per heavy atom. The van der Waals surface area contributed by atoms with Crippen LogP contribution in [0.25, 0.3) is 97.4 Å². The first kappa shape index (κ1) is 31.7. The first-order valence-electron chi connectivity index (χ1n) is 20.5. The van der Waals surface area contributed by atoms with Gasteiger partial charge in [-0.25, -0.2) is 0 Å². The van der Waals surface area contributed by atoms with Crippen molar-refractivity contribution in [3.8, 4) is 33.6 Å². The lowest BCUT2D eigenvalue weighted by Crippen LogP contribution is -2.27. The molecule has 270 valence electrons. The standard InChI is InChI=1S/C54H38N2S/c1-3-13-36(14-4-1)55-50-26-22-35(30-44(50)45-32-47-42(33-51(45)55)38-15-5-8-18-46(38)54(47)27-11-2-12-28-54)34-21-25-49-43(29-34)39-16-6-9-19-48(39)56(49)37-23-24-41-40-17-7-10-20-52(40)57-53(41)31-37/h1,3-10,13-26,29-33H,2,11-12,27-28H2. The number of benzene rings is 8. The predicted octanol–water partition coefficient (Wildman–Crippen LogP) is 15.1. The molecule has 57 heavy (non-hydrogen) atoms. The molecule has 3 heteroatoms. The fourth-order valence-electron chi connectivity index (χ4n) is 11.0. The third-order valence-electron chi connectivity index (χ3n) is 13.5. The summed E-state index contributed by atoms with van der Waals surface area (Å²) in [6.45, 7) is 0. The second-order valence-corrected chi connectivity index (χ2v) is 17.5. The summed E-state index contributed by atoms with van der Waals surface area (Å²) < 4.78 is 7.61. The van der Waals surface area contributed by atoms with Crippen LogP contribution in [0.4, 0.5) is 0 Å². The Morgan fingerprint density at radius 2 is 1.00 bits per heavy atom. The smallest absolute Gasteiger partial charge is 0.0547 e. The molecular weight excluding hydrogens is 709 g/mol. The number of hydrogen-bond donors (Lipinski definition) is 0. The Hall–Kier alpha value is -6.42. The molecule has 0 atom stereocenters. The lowest BCUT2D eigenvalue weighted by molar-refractivity contribution is 0.353. The van der Waals surface area contributed by atoms with E-state index in [9.17, 15) is 0 Å². The Kier molecular flexibility index (Phi) is 6.57. The zero-order valence-corrected chi connectivity index (χ0v) is 32.3. The van der Waals surface area contributed by atoms with E-state index in [-0.39, 0.29) is 5.41 Å². The minimum absolute atomic E-state index is 0.109. The molecule has 3 aromatic heterocycles. The molecular formula is C54H38N2S. The SMILES string of the molecule is c1ccc(-n2c3ccc(-c4ccc5c(c4)c4ccccc4n5-c4ccc5c(c4)sc4ccccc45)cc3c3cc4c(cc32)-c2ccccc2C42CCCCC2)cc1. The van der Waals surface area contributed by atoms with Gasteiger partial charge in [0.1, 0.15) is 0 Å². The van der Waals surface area contributed by atoms with Crippen LogP contribution in [0, 0.1) is 0 Å². The summed E-state index contributed by atoms with van der Waals surface area (Å²) in [5, 5.41) is 7.89. The van der Waals surface area contributed by atoms with E-state index >= 15 is 0 Å². The van der Waals surface area contributed by atoms with Crippen molar-refractivity contribution in [1.29, 1.82) is 0 Å². The number of fused-ring (bicyclic) bond motifs is 14. The molecule has 8 aromatic carbocycles. The van der Waals surface area contributed by atoms with Crippen molar-refractivity contribution < 1.29 is 0 Å². The van der Waals surface area contributed by atoms with Crippen molar-refractivity contribution >= 4 is 75.1 Å². The van der Waals surface area contributed by atoms with Gasteiger partial charge in [0, 0.05) is 58.5 Å². The van der Waals surface area contributed by atoms with Crippen molar-refractivity contribution in [2.24, 2.45) is 0 Å². The van der Waals surface area contributed by atoms with Crippen molar-refractivity contribution in [3.63, 3.8) is 0 Å². The maximum atomic E-state index is 2.60. The Balaban J connectivity index is 1.02. The number of rotatable bonds is 3. The summed E-state index contributed by atoms with van der Waals surface area (Å²) in [5.41, 5.74) is 15.9. The van der Waals surface area contributed by atoms with Crippen molar-refractivity contribution in [2.75, 3.05) is 0 Å². The number of thiophene rings is 1. The first-order chi connectivity index (χ1) is 28.2. The highest BCUT2D eigenvalue weighted by Gasteiger charge is 2.44. The molecule has 2 aliphatic carbocycles. The van der Waals surface area contributed by atoms with Gasteiger partial charge in [-0.05, 0) is 119 Å². The number of nitrogens with zero attached hydrogens (tertiary/aromatic N) is 2. The predicted molar refractivity (Wildman–Crippen MR) is 243 cm³/mol. The quantitative estimate of drug-likeness (QED) is 0.170. The number of hydrogen-bond acceptors (Lipinski definition) is 1. The fourth-order valence-corrected chi connectivity index (χ4v) is 12.1. The lowest BCUT2D eigenvalue weighted by Gasteiger charge is -2.36. The largest absolute Gasteiger partial charge is 0.309 e. The fraction of sp³-hybridized carbons (Fsp3) is 0.111. The maximum absolute atomic E-state index is 2.60. The molecule has 0 amide bonds. The van der Waals surface area contributed by atoms with Crippen LogP contribution in [0.1, 0.15) is 43.2 Å². The Morgan fingerprint density at radius 1 is 0.368 bits per heavy atom. The van der Waals surface area contributed by atoms with Crippen LogP contribution >= 0.6 is 11.3 Å². The van der Waals surface area contributed by atoms with E-state index in [1.165, 1.54) is 135 Å². The minimum atomic E-state index is 0.109. The molecule has 0 unspecified atom stereocenters. The third kappa shape index (κ3) is 4.41. The van der Waals surface area contributed by atoms with Crippen LogP contribution in [0.15, 0.2) is 170 Å². The molecule has 0 radical (unpaired) electrons. The zero-order valence-electron chi connectivity index (χ0n) is 31.5. The van der Waals surface area contributed by atoms with Gasteiger partial charge in [-0.1, -0.05) is 116 Å². The average Bonchev–Trinajstić information content (AvgIpc) is 3.98. The molecule has 0 saturated heterocycles. The van der Waals surface area contributed by atoms with Gasteiger partial charge in [0.15, 0.2) is 0 Å². The summed E-state index contributed by atoms with van der Waals surface area (Å²) in [6.07, 6.45) is 6.39. The molecule has 2 nitrogen and oxygen atoms in total. The van der Waals surface area contributed by atoms with Crippen molar-refractivity contribution in [2.45, 2.75) is 37.5 Å². The number of para-hydroxylation sites is 2. The molecule has 1 spiro atoms. The van der Waals surface area contributed by atoms with Crippen LogP contribution in [-0.4, -0.2) is 9.13 Å². The van der Waals surface area contributed by atoms with Gasteiger partial charge in [0.05, 0.1) is 22.1 Å². The van der Waals surface area contributed by atoms with E-state index in [1.807, 2.05) is 11.3 Å². The second-order valence-electron chi connectivity index (χ2n) is 16.4. The van der Waals surface area contributed by atoms with E-state index in [2.05, 4.69) is 179 Å². The molecule has 3 heterocycles. The Bertz CT molecular complexity index is 3440. The summed E-state index contributed by atoms with van der Waals surface area (Å²) in [4.78, 5) is 0. The molecule has 11 aromatic rings. The van der Waals surface area contributed by atoms with Crippen molar-refractivity contribution in [3.05, 3.63) is 181 Å². The summed E-state index contributed by atoms with van der Waals surface area (Å²) in [7, 11) is 0. The van der Waals surface area contributed by atoms with E-state index in [4.69, 9.17) is 0 Å². The van der Waals surface area contributed by atoms with E-state index in [0.717, 1.165) is 0 Å². The average molecular weight is 747 g/mol. The zero-order chi connectivity index (χ0) is 37.2. The van der Waals surface area contributed by atoms with Gasteiger partial charge in [0.2, 0.25) is 0 Å². The molecule has 2 aliphatic rings. The van der Waals surface area contributed by atoms with Crippen molar-refractivity contribution in [1.82, 2.24) is 9.13 Å². The van der Waals surface area contributed by atoms with Gasteiger partial charge >= 0.3 is 0 Å². The van der Waals surface area contributed by atoms with Crippen LogP contribution in [0.5, 0.6) is 0 Å². The van der Waals surface area contributed by atoms with E-state index in [1.54, 1.807) is 5.56 Å². The molecule has 0 N–H and O–H groups in total. The molecule has 0 bridgehead atoms. The van der Waals surface area contributed by atoms with Crippen LogP contribution < -0.4 is 0 Å². The monoisotopic (exact) mass is 746 g/mol. The molecule has 13 rings (SSSR count). The van der Waals surface area contributed by atoms with Crippen LogP contribution in [-0.2, 0) is 5.41 Å². The van der Waals surface area contributed by atoms with Crippen LogP contribution in [0.3, 0.4) is 0 Å². The van der Waals surface area contributed by atoms with E-state index in [0.29, 0.717) is 0 Å². The highest BCUT2D eigenvalue weighted by molar-refractivity contribution is 7.25.